The SMILES string of the molecule is O=S(=O)(CCc1ccccc1)Nc1ccc(-c2ccn[nH]2)cc1. The number of hydrogen-bond acceptors (Lipinski definition) is 3. The van der Waals surface area contributed by atoms with Crippen molar-refractivity contribution in [3.8, 4) is 11.3 Å². The summed E-state index contributed by atoms with van der Waals surface area (Å²) in [6.45, 7) is 0. The Morgan fingerprint density at radius 2 is 1.70 bits per heavy atom. The Morgan fingerprint density at radius 1 is 0.957 bits per heavy atom. The minimum Gasteiger partial charge on any atom is -0.284 e. The van der Waals surface area contributed by atoms with Gasteiger partial charge < -0.3 is 0 Å². The fourth-order valence-electron chi connectivity index (χ4n) is 2.26. The molecule has 2 aromatic carbocycles. The number of H-pyrrole nitrogens is 1. The van der Waals surface area contributed by atoms with E-state index in [2.05, 4.69) is 14.9 Å². The predicted octanol–water partition coefficient (Wildman–Crippen LogP) is 3.06. The van der Waals surface area contributed by atoms with Crippen molar-refractivity contribution >= 4 is 15.7 Å². The fraction of sp³-hybridized carbons (Fsp3) is 0.118. The van der Waals surface area contributed by atoms with Gasteiger partial charge in [0.25, 0.3) is 0 Å². The summed E-state index contributed by atoms with van der Waals surface area (Å²) in [5, 5.41) is 6.77. The Bertz CT molecular complexity index is 843. The summed E-state index contributed by atoms with van der Waals surface area (Å²) in [4.78, 5) is 0. The van der Waals surface area contributed by atoms with Gasteiger partial charge in [-0.1, -0.05) is 42.5 Å². The highest BCUT2D eigenvalue weighted by Gasteiger charge is 2.11. The maximum absolute atomic E-state index is 12.2. The van der Waals surface area contributed by atoms with Crippen LogP contribution in [0.25, 0.3) is 11.3 Å². The number of nitrogens with one attached hydrogen (secondary N) is 2. The van der Waals surface area contributed by atoms with Gasteiger partial charge in [0.05, 0.1) is 11.4 Å². The quantitative estimate of drug-likeness (QED) is 0.730. The van der Waals surface area contributed by atoms with Crippen molar-refractivity contribution in [2.24, 2.45) is 0 Å². The minimum atomic E-state index is -3.37. The zero-order valence-electron chi connectivity index (χ0n) is 12.4. The zero-order chi connectivity index (χ0) is 16.1. The van der Waals surface area contributed by atoms with Crippen molar-refractivity contribution < 1.29 is 8.42 Å². The van der Waals surface area contributed by atoms with Crippen molar-refractivity contribution in [2.45, 2.75) is 6.42 Å². The van der Waals surface area contributed by atoms with Crippen LogP contribution in [0.1, 0.15) is 5.56 Å². The van der Waals surface area contributed by atoms with Crippen LogP contribution in [-0.2, 0) is 16.4 Å². The Balaban J connectivity index is 1.63. The van der Waals surface area contributed by atoms with E-state index in [-0.39, 0.29) is 5.75 Å². The summed E-state index contributed by atoms with van der Waals surface area (Å²) >= 11 is 0. The maximum atomic E-state index is 12.2. The van der Waals surface area contributed by atoms with Crippen LogP contribution in [0.4, 0.5) is 5.69 Å². The molecule has 0 aliphatic heterocycles. The second-order valence-electron chi connectivity index (χ2n) is 5.20. The monoisotopic (exact) mass is 327 g/mol. The third kappa shape index (κ3) is 4.20. The van der Waals surface area contributed by atoms with E-state index in [1.54, 1.807) is 18.3 Å². The lowest BCUT2D eigenvalue weighted by Crippen LogP contribution is -2.18. The van der Waals surface area contributed by atoms with Gasteiger partial charge in [0.1, 0.15) is 0 Å². The van der Waals surface area contributed by atoms with E-state index in [1.165, 1.54) is 0 Å². The van der Waals surface area contributed by atoms with E-state index in [4.69, 9.17) is 0 Å². The first-order valence-corrected chi connectivity index (χ1v) is 8.92. The molecule has 2 N–H and O–H groups in total. The summed E-state index contributed by atoms with van der Waals surface area (Å²) in [6, 6.07) is 18.6. The molecular formula is C17H17N3O2S. The number of rotatable bonds is 6. The lowest BCUT2D eigenvalue weighted by Gasteiger charge is -2.08. The molecule has 3 rings (SSSR count). The zero-order valence-corrected chi connectivity index (χ0v) is 13.3. The molecule has 3 aromatic rings. The summed E-state index contributed by atoms with van der Waals surface area (Å²) in [5.41, 5.74) is 3.41. The average Bonchev–Trinajstić information content (AvgIpc) is 3.09. The van der Waals surface area contributed by atoms with Gasteiger partial charge in [0, 0.05) is 11.9 Å². The van der Waals surface area contributed by atoms with Crippen LogP contribution in [0.3, 0.4) is 0 Å². The van der Waals surface area contributed by atoms with Gasteiger partial charge >= 0.3 is 0 Å². The van der Waals surface area contributed by atoms with Gasteiger partial charge in [-0.25, -0.2) is 8.42 Å². The van der Waals surface area contributed by atoms with Crippen LogP contribution in [0.15, 0.2) is 66.9 Å². The average molecular weight is 327 g/mol. The molecule has 0 radical (unpaired) electrons. The molecule has 118 valence electrons. The maximum Gasteiger partial charge on any atom is 0.233 e. The molecule has 0 fully saturated rings. The molecule has 1 heterocycles. The van der Waals surface area contributed by atoms with Crippen LogP contribution >= 0.6 is 0 Å². The highest BCUT2D eigenvalue weighted by Crippen LogP contribution is 2.19. The van der Waals surface area contributed by atoms with Crippen molar-refractivity contribution in [3.63, 3.8) is 0 Å². The molecule has 0 bridgehead atoms. The lowest BCUT2D eigenvalue weighted by molar-refractivity contribution is 0.600. The normalized spacial score (nSPS) is 11.3. The van der Waals surface area contributed by atoms with Gasteiger partial charge in [-0.3, -0.25) is 9.82 Å². The van der Waals surface area contributed by atoms with Gasteiger partial charge in [-0.05, 0) is 35.7 Å². The highest BCUT2D eigenvalue weighted by molar-refractivity contribution is 7.92. The van der Waals surface area contributed by atoms with Gasteiger partial charge in [-0.15, -0.1) is 0 Å². The molecule has 0 saturated carbocycles. The van der Waals surface area contributed by atoms with Gasteiger partial charge in [0.15, 0.2) is 0 Å². The van der Waals surface area contributed by atoms with Crippen molar-refractivity contribution in [2.75, 3.05) is 10.5 Å². The van der Waals surface area contributed by atoms with E-state index < -0.39 is 10.0 Å². The molecule has 0 unspecified atom stereocenters. The number of aryl methyl sites for hydroxylation is 1. The number of benzene rings is 2. The lowest BCUT2D eigenvalue weighted by atomic mass is 10.1. The molecule has 0 atom stereocenters. The molecule has 1 aromatic heterocycles. The fourth-order valence-corrected chi connectivity index (χ4v) is 3.36. The smallest absolute Gasteiger partial charge is 0.233 e. The van der Waals surface area contributed by atoms with E-state index in [0.29, 0.717) is 12.1 Å². The Morgan fingerprint density at radius 3 is 2.35 bits per heavy atom. The summed E-state index contributed by atoms with van der Waals surface area (Å²) in [5.74, 6) is 0.0549. The van der Waals surface area contributed by atoms with Gasteiger partial charge in [-0.2, -0.15) is 5.10 Å². The number of nitrogens with zero attached hydrogens (tertiary/aromatic N) is 1. The predicted molar refractivity (Wildman–Crippen MR) is 91.6 cm³/mol. The molecule has 0 aliphatic rings. The molecule has 23 heavy (non-hydrogen) atoms. The molecule has 0 spiro atoms. The Labute approximate surface area is 135 Å². The highest BCUT2D eigenvalue weighted by atomic mass is 32.2. The number of aromatic nitrogens is 2. The molecule has 0 aliphatic carbocycles. The summed E-state index contributed by atoms with van der Waals surface area (Å²) in [7, 11) is -3.37. The topological polar surface area (TPSA) is 74.8 Å². The van der Waals surface area contributed by atoms with Crippen molar-refractivity contribution in [1.29, 1.82) is 0 Å². The number of hydrogen-bond donors (Lipinski definition) is 2. The molecule has 0 saturated heterocycles. The molecule has 5 nitrogen and oxygen atoms in total. The van der Waals surface area contributed by atoms with Crippen LogP contribution < -0.4 is 4.72 Å². The first-order chi connectivity index (χ1) is 11.1. The van der Waals surface area contributed by atoms with Gasteiger partial charge in [0.2, 0.25) is 10.0 Å². The molecular weight excluding hydrogens is 310 g/mol. The second kappa shape index (κ2) is 6.66. The molecule has 6 heteroatoms. The van der Waals surface area contributed by atoms with E-state index in [0.717, 1.165) is 16.8 Å². The van der Waals surface area contributed by atoms with Crippen molar-refractivity contribution in [3.05, 3.63) is 72.4 Å². The number of anilines is 1. The first-order valence-electron chi connectivity index (χ1n) is 7.27. The third-order valence-electron chi connectivity index (χ3n) is 3.47. The first kappa shape index (κ1) is 15.3. The van der Waals surface area contributed by atoms with E-state index in [9.17, 15) is 8.42 Å². The Kier molecular flexibility index (Phi) is 4.43. The van der Waals surface area contributed by atoms with Crippen LogP contribution in [-0.4, -0.2) is 24.4 Å². The largest absolute Gasteiger partial charge is 0.284 e. The standard InChI is InChI=1S/C17H17N3O2S/c21-23(22,13-11-14-4-2-1-3-5-14)20-16-8-6-15(7-9-16)17-10-12-18-19-17/h1-10,12,20H,11,13H2,(H,18,19). The third-order valence-corrected chi connectivity index (χ3v) is 4.76. The van der Waals surface area contributed by atoms with Crippen LogP contribution in [0.2, 0.25) is 0 Å². The molecule has 0 amide bonds. The van der Waals surface area contributed by atoms with E-state index in [1.807, 2.05) is 48.5 Å². The van der Waals surface area contributed by atoms with Crippen LogP contribution in [0, 0.1) is 0 Å². The van der Waals surface area contributed by atoms with E-state index >= 15 is 0 Å². The van der Waals surface area contributed by atoms with Crippen LogP contribution in [0.5, 0.6) is 0 Å². The Hall–Kier alpha value is -2.60. The minimum absolute atomic E-state index is 0.0549. The summed E-state index contributed by atoms with van der Waals surface area (Å²) < 4.78 is 26.9. The van der Waals surface area contributed by atoms with Crippen molar-refractivity contribution in [1.82, 2.24) is 10.2 Å². The summed E-state index contributed by atoms with van der Waals surface area (Å²) in [6.07, 6.45) is 2.16. The number of sulfonamides is 1. The second-order valence-corrected chi connectivity index (χ2v) is 7.05. The number of aromatic amines is 1.